The lowest BCUT2D eigenvalue weighted by atomic mass is 10.1. The average Bonchev–Trinajstić information content (AvgIpc) is 2.54. The summed E-state index contributed by atoms with van der Waals surface area (Å²) in [6.07, 6.45) is 2.69. The number of nitrogens with one attached hydrogen (secondary N) is 1. The highest BCUT2D eigenvalue weighted by Gasteiger charge is 2.09. The Bertz CT molecular complexity index is 508. The minimum atomic E-state index is -0.276. The van der Waals surface area contributed by atoms with Gasteiger partial charge in [-0.25, -0.2) is 4.39 Å². The first kappa shape index (κ1) is 16.6. The molecule has 1 heterocycles. The summed E-state index contributed by atoms with van der Waals surface area (Å²) in [4.78, 5) is 14.3. The molecule has 0 aromatic heterocycles. The van der Waals surface area contributed by atoms with Crippen LogP contribution in [0.2, 0.25) is 0 Å². The van der Waals surface area contributed by atoms with Gasteiger partial charge >= 0.3 is 0 Å². The molecule has 1 aromatic carbocycles. The summed E-state index contributed by atoms with van der Waals surface area (Å²) in [5, 5.41) is 2.91. The van der Waals surface area contributed by atoms with Gasteiger partial charge in [0, 0.05) is 25.2 Å². The van der Waals surface area contributed by atoms with E-state index in [2.05, 4.69) is 10.2 Å². The first-order valence-electron chi connectivity index (χ1n) is 7.67. The number of ether oxygens (including phenoxy) is 1. The Morgan fingerprint density at radius 2 is 2.00 bits per heavy atom. The molecule has 0 spiro atoms. The van der Waals surface area contributed by atoms with Crippen LogP contribution in [0.15, 0.2) is 29.8 Å². The fourth-order valence-electron chi connectivity index (χ4n) is 2.34. The first-order chi connectivity index (χ1) is 10.6. The number of carbonyl (C=O) groups excluding carboxylic acids is 1. The highest BCUT2D eigenvalue weighted by Crippen LogP contribution is 2.08. The maximum atomic E-state index is 12.8. The molecule has 0 saturated carbocycles. The van der Waals surface area contributed by atoms with Crippen LogP contribution in [0.4, 0.5) is 4.39 Å². The molecular formula is C17H23FN2O2. The molecule has 1 N–H and O–H groups in total. The van der Waals surface area contributed by atoms with Gasteiger partial charge in [0.1, 0.15) is 5.82 Å². The Labute approximate surface area is 131 Å². The normalized spacial score (nSPS) is 16.5. The topological polar surface area (TPSA) is 41.6 Å². The van der Waals surface area contributed by atoms with Gasteiger partial charge in [0.15, 0.2) is 0 Å². The maximum absolute atomic E-state index is 12.8. The van der Waals surface area contributed by atoms with Gasteiger partial charge in [-0.15, -0.1) is 0 Å². The molecule has 1 aliphatic heterocycles. The molecule has 22 heavy (non-hydrogen) atoms. The molecule has 0 unspecified atom stereocenters. The lowest BCUT2D eigenvalue weighted by Gasteiger charge is -2.26. The lowest BCUT2D eigenvalue weighted by Crippen LogP contribution is -2.38. The zero-order valence-electron chi connectivity index (χ0n) is 13.0. The van der Waals surface area contributed by atoms with Gasteiger partial charge < -0.3 is 10.1 Å². The van der Waals surface area contributed by atoms with Crippen molar-refractivity contribution in [2.75, 3.05) is 39.4 Å². The number of carbonyl (C=O) groups is 1. The van der Waals surface area contributed by atoms with E-state index >= 15 is 0 Å². The van der Waals surface area contributed by atoms with E-state index in [0.29, 0.717) is 12.1 Å². The molecule has 1 aliphatic rings. The number of hydrogen-bond acceptors (Lipinski definition) is 3. The molecule has 2 rings (SSSR count). The third kappa shape index (κ3) is 5.58. The first-order valence-corrected chi connectivity index (χ1v) is 7.67. The molecule has 120 valence electrons. The van der Waals surface area contributed by atoms with E-state index < -0.39 is 0 Å². The van der Waals surface area contributed by atoms with Crippen LogP contribution in [0.1, 0.15) is 18.9 Å². The minimum Gasteiger partial charge on any atom is -0.379 e. The highest BCUT2D eigenvalue weighted by atomic mass is 19.1. The Balaban J connectivity index is 1.70. The number of rotatable bonds is 6. The summed E-state index contributed by atoms with van der Waals surface area (Å²) >= 11 is 0. The molecule has 0 aliphatic carbocycles. The molecule has 0 radical (unpaired) electrons. The van der Waals surface area contributed by atoms with Crippen molar-refractivity contribution in [2.45, 2.75) is 13.3 Å². The number of halogens is 1. The van der Waals surface area contributed by atoms with Crippen LogP contribution in [-0.2, 0) is 9.53 Å². The van der Waals surface area contributed by atoms with E-state index in [1.807, 2.05) is 0 Å². The second-order valence-electron chi connectivity index (χ2n) is 5.44. The van der Waals surface area contributed by atoms with E-state index in [0.717, 1.165) is 44.8 Å². The van der Waals surface area contributed by atoms with Gasteiger partial charge in [-0.3, -0.25) is 9.69 Å². The molecular weight excluding hydrogens is 283 g/mol. The maximum Gasteiger partial charge on any atom is 0.246 e. The second kappa shape index (κ2) is 8.66. The fourth-order valence-corrected chi connectivity index (χ4v) is 2.34. The number of hydrogen-bond donors (Lipinski definition) is 1. The monoisotopic (exact) mass is 306 g/mol. The highest BCUT2D eigenvalue weighted by molar-refractivity contribution is 5.97. The van der Waals surface area contributed by atoms with Crippen LogP contribution < -0.4 is 5.32 Å². The van der Waals surface area contributed by atoms with Gasteiger partial charge in [0.05, 0.1) is 13.2 Å². The predicted octanol–water partition coefficient (Wildman–Crippen LogP) is 2.07. The summed E-state index contributed by atoms with van der Waals surface area (Å²) < 4.78 is 18.1. The smallest absolute Gasteiger partial charge is 0.246 e. The Morgan fingerprint density at radius 1 is 1.32 bits per heavy atom. The summed E-state index contributed by atoms with van der Waals surface area (Å²) in [5.41, 5.74) is 1.44. The summed E-state index contributed by atoms with van der Waals surface area (Å²) in [6.45, 7) is 6.93. The van der Waals surface area contributed by atoms with Crippen LogP contribution in [0.5, 0.6) is 0 Å². The number of benzene rings is 1. The molecule has 1 saturated heterocycles. The van der Waals surface area contributed by atoms with Crippen molar-refractivity contribution in [3.05, 3.63) is 41.2 Å². The van der Waals surface area contributed by atoms with Crippen molar-refractivity contribution in [3.63, 3.8) is 0 Å². The standard InChI is InChI=1S/C17H23FN2O2/c1-14(13-15-3-5-16(18)6-4-15)17(21)19-7-2-8-20-9-11-22-12-10-20/h3-6,13H,2,7-12H2,1H3,(H,19,21). The van der Waals surface area contributed by atoms with Crippen LogP contribution in [-0.4, -0.2) is 50.2 Å². The van der Waals surface area contributed by atoms with Crippen molar-refractivity contribution in [1.82, 2.24) is 10.2 Å². The molecule has 1 fully saturated rings. The minimum absolute atomic E-state index is 0.0775. The zero-order valence-corrected chi connectivity index (χ0v) is 13.0. The fraction of sp³-hybridized carbons (Fsp3) is 0.471. The van der Waals surface area contributed by atoms with Gasteiger partial charge in [0.2, 0.25) is 5.91 Å². The van der Waals surface area contributed by atoms with Crippen molar-refractivity contribution in [3.8, 4) is 0 Å². The second-order valence-corrected chi connectivity index (χ2v) is 5.44. The van der Waals surface area contributed by atoms with Gasteiger partial charge in [0.25, 0.3) is 0 Å². The van der Waals surface area contributed by atoms with E-state index in [1.165, 1.54) is 12.1 Å². The van der Waals surface area contributed by atoms with E-state index in [-0.39, 0.29) is 11.7 Å². The third-order valence-electron chi connectivity index (χ3n) is 3.65. The van der Waals surface area contributed by atoms with Crippen molar-refractivity contribution >= 4 is 12.0 Å². The third-order valence-corrected chi connectivity index (χ3v) is 3.65. The van der Waals surface area contributed by atoms with E-state index in [1.54, 1.807) is 25.1 Å². The van der Waals surface area contributed by atoms with Gasteiger partial charge in [-0.1, -0.05) is 12.1 Å². The number of amides is 1. The zero-order chi connectivity index (χ0) is 15.8. The number of nitrogens with zero attached hydrogens (tertiary/aromatic N) is 1. The quantitative estimate of drug-likeness (QED) is 0.646. The molecule has 0 bridgehead atoms. The molecule has 1 amide bonds. The van der Waals surface area contributed by atoms with Crippen molar-refractivity contribution < 1.29 is 13.9 Å². The van der Waals surface area contributed by atoms with Crippen LogP contribution >= 0.6 is 0 Å². The van der Waals surface area contributed by atoms with E-state index in [9.17, 15) is 9.18 Å². The Hall–Kier alpha value is -1.72. The van der Waals surface area contributed by atoms with Crippen LogP contribution in [0.25, 0.3) is 6.08 Å². The average molecular weight is 306 g/mol. The molecule has 0 atom stereocenters. The number of morpholine rings is 1. The van der Waals surface area contributed by atoms with Crippen LogP contribution in [0.3, 0.4) is 0 Å². The summed E-state index contributed by atoms with van der Waals surface area (Å²) in [6, 6.07) is 6.09. The van der Waals surface area contributed by atoms with Crippen molar-refractivity contribution in [1.29, 1.82) is 0 Å². The predicted molar refractivity (Wildman–Crippen MR) is 84.9 cm³/mol. The largest absolute Gasteiger partial charge is 0.379 e. The van der Waals surface area contributed by atoms with Gasteiger partial charge in [-0.05, 0) is 43.7 Å². The Morgan fingerprint density at radius 3 is 2.68 bits per heavy atom. The molecule has 5 heteroatoms. The molecule has 1 aromatic rings. The lowest BCUT2D eigenvalue weighted by molar-refractivity contribution is -0.117. The molecule has 4 nitrogen and oxygen atoms in total. The SMILES string of the molecule is CC(=Cc1ccc(F)cc1)C(=O)NCCCN1CCOCC1. The van der Waals surface area contributed by atoms with Crippen LogP contribution in [0, 0.1) is 5.82 Å². The van der Waals surface area contributed by atoms with Crippen molar-refractivity contribution in [2.24, 2.45) is 0 Å². The summed E-state index contributed by atoms with van der Waals surface area (Å²) in [7, 11) is 0. The van der Waals surface area contributed by atoms with Gasteiger partial charge in [-0.2, -0.15) is 0 Å². The Kier molecular flexibility index (Phi) is 6.55. The van der Waals surface area contributed by atoms with E-state index in [4.69, 9.17) is 4.74 Å². The summed E-state index contributed by atoms with van der Waals surface area (Å²) in [5.74, 6) is -0.353.